The van der Waals surface area contributed by atoms with Crippen LogP contribution in [0, 0.1) is 5.41 Å². The topological polar surface area (TPSA) is 109 Å². The van der Waals surface area contributed by atoms with E-state index in [4.69, 9.17) is 16.5 Å². The molecule has 2 aromatic carbocycles. The third kappa shape index (κ3) is 4.01. The molecule has 4 aromatic rings. The van der Waals surface area contributed by atoms with E-state index in [1.54, 1.807) is 0 Å². The normalized spacial score (nSPS) is 15.1. The van der Waals surface area contributed by atoms with Gasteiger partial charge in [0.1, 0.15) is 11.6 Å². The van der Waals surface area contributed by atoms with Crippen LogP contribution in [0.4, 0.5) is 0 Å². The van der Waals surface area contributed by atoms with E-state index in [0.29, 0.717) is 0 Å². The molecular formula is C27H32N6. The second kappa shape index (κ2) is 7.97. The molecule has 170 valence electrons. The quantitative estimate of drug-likeness (QED) is 0.345. The van der Waals surface area contributed by atoms with Gasteiger partial charge < -0.3 is 21.4 Å². The third-order valence-corrected chi connectivity index (χ3v) is 6.59. The molecule has 0 radical (unpaired) electrons. The van der Waals surface area contributed by atoms with Crippen LogP contribution >= 0.6 is 0 Å². The number of imidazole rings is 2. The number of nitrogens with two attached hydrogens (primary N) is 2. The number of rotatable bonds is 4. The van der Waals surface area contributed by atoms with Crippen molar-refractivity contribution in [2.24, 2.45) is 16.9 Å². The molecule has 0 fully saturated rings. The van der Waals surface area contributed by atoms with Gasteiger partial charge in [-0.1, -0.05) is 63.2 Å². The summed E-state index contributed by atoms with van der Waals surface area (Å²) in [6.45, 7) is 8.37. The van der Waals surface area contributed by atoms with E-state index in [-0.39, 0.29) is 17.5 Å². The summed E-state index contributed by atoms with van der Waals surface area (Å²) in [5.74, 6) is 1.68. The minimum atomic E-state index is -0.122. The van der Waals surface area contributed by atoms with Gasteiger partial charge in [0.25, 0.3) is 0 Å². The number of H-pyrrole nitrogens is 2. The molecule has 6 nitrogen and oxygen atoms in total. The Morgan fingerprint density at radius 3 is 2.24 bits per heavy atom. The zero-order chi connectivity index (χ0) is 23.3. The van der Waals surface area contributed by atoms with Gasteiger partial charge in [-0.2, -0.15) is 0 Å². The second-order valence-electron chi connectivity index (χ2n) is 10.2. The Balaban J connectivity index is 1.42. The lowest BCUT2D eigenvalue weighted by atomic mass is 9.87. The van der Waals surface area contributed by atoms with Crippen molar-refractivity contribution in [2.45, 2.75) is 52.6 Å². The molecule has 0 spiro atoms. The van der Waals surface area contributed by atoms with Crippen LogP contribution in [0.25, 0.3) is 33.6 Å². The van der Waals surface area contributed by atoms with E-state index in [2.05, 4.69) is 78.2 Å². The van der Waals surface area contributed by atoms with Gasteiger partial charge in [0.05, 0.1) is 29.7 Å². The number of aromatic nitrogens is 4. The number of fused-ring (bicyclic) bond motifs is 3. The van der Waals surface area contributed by atoms with Crippen molar-refractivity contribution in [2.75, 3.05) is 0 Å². The highest BCUT2D eigenvalue weighted by Crippen LogP contribution is 2.37. The van der Waals surface area contributed by atoms with Gasteiger partial charge >= 0.3 is 0 Å². The Labute approximate surface area is 194 Å². The molecule has 6 N–H and O–H groups in total. The highest BCUT2D eigenvalue weighted by Gasteiger charge is 2.28. The van der Waals surface area contributed by atoms with Gasteiger partial charge in [-0.25, -0.2) is 9.97 Å². The molecule has 2 atom stereocenters. The van der Waals surface area contributed by atoms with E-state index in [0.717, 1.165) is 41.4 Å². The largest absolute Gasteiger partial charge is 0.344 e. The van der Waals surface area contributed by atoms with E-state index in [1.165, 1.54) is 27.9 Å². The molecule has 0 unspecified atom stereocenters. The van der Waals surface area contributed by atoms with Crippen molar-refractivity contribution < 1.29 is 0 Å². The van der Waals surface area contributed by atoms with Crippen molar-refractivity contribution >= 4 is 0 Å². The molecule has 2 aromatic heterocycles. The average Bonchev–Trinajstić information content (AvgIpc) is 3.45. The van der Waals surface area contributed by atoms with E-state index in [9.17, 15) is 0 Å². The van der Waals surface area contributed by atoms with Crippen LogP contribution in [-0.2, 0) is 12.8 Å². The van der Waals surface area contributed by atoms with Crippen molar-refractivity contribution in [1.29, 1.82) is 0 Å². The maximum absolute atomic E-state index is 6.47. The molecule has 0 saturated carbocycles. The van der Waals surface area contributed by atoms with E-state index in [1.807, 2.05) is 13.1 Å². The summed E-state index contributed by atoms with van der Waals surface area (Å²) in [5, 5.41) is 0. The lowest BCUT2D eigenvalue weighted by Gasteiger charge is -2.24. The number of nitrogens with zero attached hydrogens (tertiary/aromatic N) is 2. The minimum absolute atomic E-state index is 0.0420. The molecule has 1 aliphatic carbocycles. The molecule has 2 heterocycles. The molecule has 33 heavy (non-hydrogen) atoms. The number of benzene rings is 2. The van der Waals surface area contributed by atoms with Crippen LogP contribution in [0.1, 0.15) is 62.7 Å². The smallest absolute Gasteiger partial charge is 0.124 e. The lowest BCUT2D eigenvalue weighted by molar-refractivity contribution is 0.316. The first-order valence-corrected chi connectivity index (χ1v) is 11.6. The predicted octanol–water partition coefficient (Wildman–Crippen LogP) is 5.30. The fourth-order valence-corrected chi connectivity index (χ4v) is 4.42. The summed E-state index contributed by atoms with van der Waals surface area (Å²) in [5.41, 5.74) is 21.6. The average molecular weight is 441 g/mol. The summed E-state index contributed by atoms with van der Waals surface area (Å²) in [7, 11) is 0. The van der Waals surface area contributed by atoms with Crippen LogP contribution in [0.3, 0.4) is 0 Å². The molecule has 0 saturated heterocycles. The zero-order valence-corrected chi connectivity index (χ0v) is 19.7. The predicted molar refractivity (Wildman–Crippen MR) is 133 cm³/mol. The zero-order valence-electron chi connectivity index (χ0n) is 19.7. The summed E-state index contributed by atoms with van der Waals surface area (Å²) >= 11 is 0. The number of aromatic amines is 2. The van der Waals surface area contributed by atoms with Crippen LogP contribution in [0.5, 0.6) is 0 Å². The van der Waals surface area contributed by atoms with E-state index >= 15 is 0 Å². The molecular weight excluding hydrogens is 408 g/mol. The van der Waals surface area contributed by atoms with Crippen LogP contribution in [0.2, 0.25) is 0 Å². The lowest BCUT2D eigenvalue weighted by Crippen LogP contribution is -2.27. The van der Waals surface area contributed by atoms with Crippen LogP contribution in [0.15, 0.2) is 48.7 Å². The monoisotopic (exact) mass is 440 g/mol. The highest BCUT2D eigenvalue weighted by atomic mass is 15.0. The van der Waals surface area contributed by atoms with Crippen molar-refractivity contribution in [3.8, 4) is 33.6 Å². The molecule has 6 heteroatoms. The van der Waals surface area contributed by atoms with Crippen LogP contribution in [-0.4, -0.2) is 19.9 Å². The first-order valence-electron chi connectivity index (χ1n) is 11.6. The standard InChI is InChI=1S/C27H32N6/c1-15(28)25-30-14-22(32-25)17-7-5-16(6-8-17)18-9-11-20-19(13-18)10-12-21-23(20)33-26(31-21)24(29)27(2,3)4/h5-9,11,13-15,24H,10,12,28-29H2,1-4H3,(H,30,32)(H,31,33)/t15-,24+/m0/s1. The molecule has 1 aliphatic rings. The highest BCUT2D eigenvalue weighted by molar-refractivity contribution is 5.76. The molecule has 5 rings (SSSR count). The fourth-order valence-electron chi connectivity index (χ4n) is 4.42. The van der Waals surface area contributed by atoms with Gasteiger partial charge in [-0.05, 0) is 47.4 Å². The molecule has 0 amide bonds. The molecule has 0 bridgehead atoms. The Morgan fingerprint density at radius 1 is 0.879 bits per heavy atom. The van der Waals surface area contributed by atoms with Crippen molar-refractivity contribution in [1.82, 2.24) is 19.9 Å². The van der Waals surface area contributed by atoms with Crippen molar-refractivity contribution in [3.63, 3.8) is 0 Å². The maximum atomic E-state index is 6.47. The summed E-state index contributed by atoms with van der Waals surface area (Å²) in [6, 6.07) is 15.0. The van der Waals surface area contributed by atoms with Gasteiger partial charge in [0, 0.05) is 11.3 Å². The van der Waals surface area contributed by atoms with Gasteiger partial charge in [-0.15, -0.1) is 0 Å². The molecule has 0 aliphatic heterocycles. The Kier molecular flexibility index (Phi) is 5.22. The number of hydrogen-bond acceptors (Lipinski definition) is 4. The maximum Gasteiger partial charge on any atom is 0.124 e. The summed E-state index contributed by atoms with van der Waals surface area (Å²) in [4.78, 5) is 16.1. The number of hydrogen-bond donors (Lipinski definition) is 4. The fraction of sp³-hybridized carbons (Fsp3) is 0.333. The minimum Gasteiger partial charge on any atom is -0.344 e. The summed E-state index contributed by atoms with van der Waals surface area (Å²) in [6.07, 6.45) is 3.79. The Bertz CT molecular complexity index is 1290. The number of nitrogens with one attached hydrogen (secondary N) is 2. The first-order chi connectivity index (χ1) is 15.7. The second-order valence-corrected chi connectivity index (χ2v) is 10.2. The van der Waals surface area contributed by atoms with Crippen molar-refractivity contribution in [3.05, 3.63) is 71.6 Å². The van der Waals surface area contributed by atoms with E-state index < -0.39 is 0 Å². The number of aryl methyl sites for hydroxylation is 2. The Hall–Kier alpha value is -3.22. The van der Waals surface area contributed by atoms with Gasteiger partial charge in [-0.3, -0.25) is 0 Å². The van der Waals surface area contributed by atoms with Gasteiger partial charge in [0.2, 0.25) is 0 Å². The van der Waals surface area contributed by atoms with Gasteiger partial charge in [0.15, 0.2) is 0 Å². The third-order valence-electron chi connectivity index (χ3n) is 6.59. The summed E-state index contributed by atoms with van der Waals surface area (Å²) < 4.78 is 0. The van der Waals surface area contributed by atoms with Crippen LogP contribution < -0.4 is 11.5 Å². The Morgan fingerprint density at radius 2 is 1.58 bits per heavy atom. The SMILES string of the molecule is C[C@H](N)c1ncc(-c2ccc(-c3ccc4c(c3)CCc3[nH]c([C@@H](N)C(C)(C)C)nc3-4)cc2)[nH]1. The first kappa shape index (κ1) is 21.6.